The number of aromatic nitrogens is 4. The molecule has 0 aliphatic heterocycles. The van der Waals surface area contributed by atoms with E-state index in [2.05, 4.69) is 31.3 Å². The smallest absolute Gasteiger partial charge is 0.222 e. The van der Waals surface area contributed by atoms with E-state index in [9.17, 15) is 10.1 Å². The summed E-state index contributed by atoms with van der Waals surface area (Å²) in [7, 11) is 1.58. The van der Waals surface area contributed by atoms with Gasteiger partial charge in [-0.25, -0.2) is 4.98 Å². The van der Waals surface area contributed by atoms with Gasteiger partial charge in [0.05, 0.1) is 46.9 Å². The van der Waals surface area contributed by atoms with Crippen LogP contribution in [0, 0.1) is 11.3 Å². The molecule has 8 heteroatoms. The zero-order valence-corrected chi connectivity index (χ0v) is 15.7. The van der Waals surface area contributed by atoms with Crippen molar-refractivity contribution in [3.8, 4) is 34.3 Å². The van der Waals surface area contributed by atoms with Gasteiger partial charge in [0.1, 0.15) is 17.6 Å². The molecule has 29 heavy (non-hydrogen) atoms. The monoisotopic (exact) mass is 384 g/mol. The molecule has 1 amide bonds. The number of fused-ring (bicyclic) bond motifs is 1. The van der Waals surface area contributed by atoms with Gasteiger partial charge in [0.15, 0.2) is 0 Å². The van der Waals surface area contributed by atoms with Crippen molar-refractivity contribution in [3.63, 3.8) is 0 Å². The van der Waals surface area contributed by atoms with Gasteiger partial charge in [0.25, 0.3) is 0 Å². The number of amides is 1. The molecule has 8 nitrogen and oxygen atoms in total. The summed E-state index contributed by atoms with van der Waals surface area (Å²) in [4.78, 5) is 27.9. The molecule has 4 aromatic rings. The van der Waals surface area contributed by atoms with E-state index < -0.39 is 0 Å². The maximum Gasteiger partial charge on any atom is 0.222 e. The Balaban J connectivity index is 1.95. The second-order valence-electron chi connectivity index (χ2n) is 6.30. The molecule has 0 bridgehead atoms. The number of rotatable bonds is 4. The molecule has 0 aliphatic rings. The fourth-order valence-corrected chi connectivity index (χ4v) is 3.09. The molecule has 0 spiro atoms. The van der Waals surface area contributed by atoms with Gasteiger partial charge in [-0.2, -0.15) is 5.26 Å². The predicted molar refractivity (Wildman–Crippen MR) is 108 cm³/mol. The first-order chi connectivity index (χ1) is 14.1. The maximum atomic E-state index is 11.4. The molecule has 2 N–H and O–H groups in total. The number of hydrogen-bond donors (Lipinski definition) is 2. The lowest BCUT2D eigenvalue weighted by atomic mass is 10.0. The van der Waals surface area contributed by atoms with E-state index in [1.165, 1.54) is 13.1 Å². The quantitative estimate of drug-likeness (QED) is 0.556. The fourth-order valence-electron chi connectivity index (χ4n) is 3.09. The van der Waals surface area contributed by atoms with Gasteiger partial charge in [-0.1, -0.05) is 0 Å². The highest BCUT2D eigenvalue weighted by Gasteiger charge is 2.18. The third-order valence-corrected chi connectivity index (χ3v) is 4.34. The summed E-state index contributed by atoms with van der Waals surface area (Å²) in [6.07, 6.45) is 4.78. The summed E-state index contributed by atoms with van der Waals surface area (Å²) in [5.74, 6) is 0.878. The van der Waals surface area contributed by atoms with E-state index in [0.717, 1.165) is 16.8 Å². The summed E-state index contributed by atoms with van der Waals surface area (Å²) >= 11 is 0. The first-order valence-electron chi connectivity index (χ1n) is 8.75. The van der Waals surface area contributed by atoms with Gasteiger partial charge >= 0.3 is 0 Å². The molecule has 0 aromatic carbocycles. The van der Waals surface area contributed by atoms with E-state index in [1.54, 1.807) is 31.6 Å². The molecule has 0 atom stereocenters. The first kappa shape index (κ1) is 18.1. The fraction of sp³-hybridized carbons (Fsp3) is 0.0952. The van der Waals surface area contributed by atoms with Gasteiger partial charge in [-0.05, 0) is 30.3 Å². The number of anilines is 1. The number of aromatic amines is 1. The van der Waals surface area contributed by atoms with Crippen molar-refractivity contribution < 1.29 is 9.53 Å². The molecule has 0 unspecified atom stereocenters. The molecule has 4 heterocycles. The van der Waals surface area contributed by atoms with E-state index in [1.807, 2.05) is 18.2 Å². The molecular formula is C21H16N6O2. The number of pyridine rings is 3. The summed E-state index contributed by atoms with van der Waals surface area (Å²) in [5.41, 5.74) is 4.89. The Morgan fingerprint density at radius 3 is 2.72 bits per heavy atom. The van der Waals surface area contributed by atoms with Crippen molar-refractivity contribution in [2.24, 2.45) is 0 Å². The van der Waals surface area contributed by atoms with Gasteiger partial charge < -0.3 is 15.0 Å². The number of carbonyl (C=O) groups excluding carboxylic acids is 1. The summed E-state index contributed by atoms with van der Waals surface area (Å²) < 4.78 is 5.20. The minimum Gasteiger partial charge on any atom is -0.495 e. The van der Waals surface area contributed by atoms with E-state index in [-0.39, 0.29) is 5.91 Å². The van der Waals surface area contributed by atoms with Crippen molar-refractivity contribution in [2.45, 2.75) is 6.92 Å². The van der Waals surface area contributed by atoms with Crippen LogP contribution in [0.4, 0.5) is 5.82 Å². The van der Waals surface area contributed by atoms with Gasteiger partial charge in [-0.3, -0.25) is 14.8 Å². The van der Waals surface area contributed by atoms with E-state index in [0.29, 0.717) is 33.9 Å². The average Bonchev–Trinajstić information content (AvgIpc) is 3.12. The van der Waals surface area contributed by atoms with Crippen molar-refractivity contribution in [1.82, 2.24) is 19.9 Å². The molecule has 4 rings (SSSR count). The topological polar surface area (TPSA) is 117 Å². The van der Waals surface area contributed by atoms with Gasteiger partial charge in [0.2, 0.25) is 5.91 Å². The molecule has 0 aliphatic carbocycles. The molecule has 0 radical (unpaired) electrons. The highest BCUT2D eigenvalue weighted by atomic mass is 16.5. The van der Waals surface area contributed by atoms with Crippen molar-refractivity contribution in [1.29, 1.82) is 5.26 Å². The van der Waals surface area contributed by atoms with Gasteiger partial charge in [-0.15, -0.1) is 0 Å². The number of nitriles is 1. The lowest BCUT2D eigenvalue weighted by Crippen LogP contribution is -2.07. The SMILES string of the molecule is COc1ccc(-c2c(-c3ccnc(NC(C)=O)c3)[nH]c3cc(C#N)cnc23)nc1. The Morgan fingerprint density at radius 1 is 1.17 bits per heavy atom. The normalized spacial score (nSPS) is 10.5. The standard InChI is InChI=1S/C21H16N6O2/c1-12(28)26-18-8-14(5-6-23-18)20-19(16-4-3-15(29-2)11-24-16)21-17(27-20)7-13(9-22)10-25-21/h3-8,10-11,27H,1-2H3,(H,23,26,28). The van der Waals surface area contributed by atoms with E-state index in [4.69, 9.17) is 4.74 Å². The van der Waals surface area contributed by atoms with Crippen molar-refractivity contribution >= 4 is 22.8 Å². The zero-order valence-electron chi connectivity index (χ0n) is 15.7. The summed E-state index contributed by atoms with van der Waals surface area (Å²) in [5, 5.41) is 11.9. The Hall–Kier alpha value is -4.25. The Bertz CT molecular complexity index is 1250. The minimum atomic E-state index is -0.205. The maximum absolute atomic E-state index is 11.4. The number of ether oxygens (including phenoxy) is 1. The molecule has 142 valence electrons. The summed E-state index contributed by atoms with van der Waals surface area (Å²) in [6, 6.07) is 11.1. The Kier molecular flexibility index (Phi) is 4.63. The number of H-pyrrole nitrogens is 1. The first-order valence-corrected chi connectivity index (χ1v) is 8.75. The van der Waals surface area contributed by atoms with Crippen molar-refractivity contribution in [2.75, 3.05) is 12.4 Å². The lowest BCUT2D eigenvalue weighted by Gasteiger charge is -2.07. The molecular weight excluding hydrogens is 368 g/mol. The van der Waals surface area contributed by atoms with Crippen LogP contribution >= 0.6 is 0 Å². The largest absolute Gasteiger partial charge is 0.495 e. The van der Waals surface area contributed by atoms with Crippen LogP contribution in [-0.4, -0.2) is 33.0 Å². The number of methoxy groups -OCH3 is 1. The van der Waals surface area contributed by atoms with Crippen LogP contribution in [0.15, 0.2) is 48.9 Å². The second-order valence-corrected chi connectivity index (χ2v) is 6.30. The van der Waals surface area contributed by atoms with E-state index >= 15 is 0 Å². The molecule has 4 aromatic heterocycles. The van der Waals surface area contributed by atoms with Crippen LogP contribution < -0.4 is 10.1 Å². The van der Waals surface area contributed by atoms with Crippen LogP contribution in [0.1, 0.15) is 12.5 Å². The highest BCUT2D eigenvalue weighted by Crippen LogP contribution is 2.37. The summed E-state index contributed by atoms with van der Waals surface area (Å²) in [6.45, 7) is 1.43. The van der Waals surface area contributed by atoms with Gasteiger partial charge in [0, 0.05) is 24.9 Å². The number of nitrogens with zero attached hydrogens (tertiary/aromatic N) is 4. The van der Waals surface area contributed by atoms with Crippen LogP contribution in [0.25, 0.3) is 33.5 Å². The zero-order chi connectivity index (χ0) is 20.4. The number of carbonyl (C=O) groups is 1. The molecule has 0 saturated heterocycles. The Labute approximate surface area is 166 Å². The van der Waals surface area contributed by atoms with Crippen LogP contribution in [0.5, 0.6) is 5.75 Å². The third-order valence-electron chi connectivity index (χ3n) is 4.34. The second kappa shape index (κ2) is 7.40. The lowest BCUT2D eigenvalue weighted by molar-refractivity contribution is -0.114. The number of nitrogens with one attached hydrogen (secondary N) is 2. The van der Waals surface area contributed by atoms with Crippen LogP contribution in [-0.2, 0) is 4.79 Å². The third kappa shape index (κ3) is 3.49. The average molecular weight is 384 g/mol. The minimum absolute atomic E-state index is 0.205. The Morgan fingerprint density at radius 2 is 2.03 bits per heavy atom. The van der Waals surface area contributed by atoms with Crippen LogP contribution in [0.3, 0.4) is 0 Å². The molecule has 0 fully saturated rings. The van der Waals surface area contributed by atoms with Crippen molar-refractivity contribution in [3.05, 3.63) is 54.5 Å². The van der Waals surface area contributed by atoms with Crippen LogP contribution in [0.2, 0.25) is 0 Å². The molecule has 0 saturated carbocycles. The number of hydrogen-bond acceptors (Lipinski definition) is 6. The predicted octanol–water partition coefficient (Wildman–Crippen LogP) is 3.53. The highest BCUT2D eigenvalue weighted by molar-refractivity contribution is 6.01.